The molecule has 1 aromatic heterocycles. The van der Waals surface area contributed by atoms with E-state index >= 15 is 0 Å². The zero-order chi connectivity index (χ0) is 9.84. The smallest absolute Gasteiger partial charge is 0.289 e. The van der Waals surface area contributed by atoms with E-state index in [2.05, 4.69) is 10.3 Å². The van der Waals surface area contributed by atoms with Crippen molar-refractivity contribution in [2.24, 2.45) is 0 Å². The highest BCUT2D eigenvalue weighted by atomic mass is 16.3. The van der Waals surface area contributed by atoms with Crippen LogP contribution in [0.1, 0.15) is 23.2 Å². The molecule has 13 heavy (non-hydrogen) atoms. The van der Waals surface area contributed by atoms with E-state index in [0.29, 0.717) is 5.69 Å². The lowest BCUT2D eigenvalue weighted by Crippen LogP contribution is -2.30. The van der Waals surface area contributed by atoms with Crippen LogP contribution in [0.2, 0.25) is 0 Å². The quantitative estimate of drug-likeness (QED) is 0.698. The van der Waals surface area contributed by atoms with E-state index in [-0.39, 0.29) is 18.2 Å². The summed E-state index contributed by atoms with van der Waals surface area (Å²) in [6, 6.07) is 0. The van der Waals surface area contributed by atoms with Gasteiger partial charge in [-0.1, -0.05) is 0 Å². The summed E-state index contributed by atoms with van der Waals surface area (Å²) in [5.74, 6) is -0.156. The minimum absolute atomic E-state index is 0.195. The fourth-order valence-electron chi connectivity index (χ4n) is 0.841. The van der Waals surface area contributed by atoms with Crippen molar-refractivity contribution in [3.63, 3.8) is 0 Å². The summed E-state index contributed by atoms with van der Waals surface area (Å²) in [5, 5.41) is 11.4. The minimum Gasteiger partial charge on any atom is -0.438 e. The predicted octanol–water partition coefficient (Wildman–Crippen LogP) is 0.0936. The summed E-state index contributed by atoms with van der Waals surface area (Å²) in [6.07, 6.45) is 0.652. The number of amides is 1. The Morgan fingerprint density at radius 1 is 1.85 bits per heavy atom. The maximum Gasteiger partial charge on any atom is 0.289 e. The van der Waals surface area contributed by atoms with Crippen LogP contribution in [0, 0.1) is 6.92 Å². The molecule has 5 nitrogen and oxygen atoms in total. The van der Waals surface area contributed by atoms with Crippen LogP contribution in [0.3, 0.4) is 0 Å². The molecule has 0 fully saturated rings. The highest BCUT2D eigenvalue weighted by Crippen LogP contribution is 2.03. The highest BCUT2D eigenvalue weighted by molar-refractivity contribution is 5.92. The normalized spacial score (nSPS) is 12.5. The highest BCUT2D eigenvalue weighted by Gasteiger charge is 2.13. The molecule has 0 bridgehead atoms. The van der Waals surface area contributed by atoms with Gasteiger partial charge < -0.3 is 14.8 Å². The number of nitrogens with zero attached hydrogens (tertiary/aromatic N) is 1. The second kappa shape index (κ2) is 4.04. The SMILES string of the molecule is Cc1ncoc1C(=O)NCC(C)O. The molecule has 0 saturated heterocycles. The molecule has 0 aliphatic rings. The number of aliphatic hydroxyl groups is 1. The lowest BCUT2D eigenvalue weighted by Gasteiger charge is -2.04. The topological polar surface area (TPSA) is 75.4 Å². The van der Waals surface area contributed by atoms with Crippen molar-refractivity contribution in [2.75, 3.05) is 6.54 Å². The Bertz CT molecular complexity index is 293. The zero-order valence-corrected chi connectivity index (χ0v) is 7.57. The third kappa shape index (κ3) is 2.55. The van der Waals surface area contributed by atoms with E-state index in [0.717, 1.165) is 0 Å². The number of aryl methyl sites for hydroxylation is 1. The Morgan fingerprint density at radius 3 is 3.00 bits per heavy atom. The van der Waals surface area contributed by atoms with Gasteiger partial charge in [-0.05, 0) is 13.8 Å². The molecular formula is C8H12N2O3. The summed E-state index contributed by atoms with van der Waals surface area (Å²) < 4.78 is 4.85. The first-order valence-electron chi connectivity index (χ1n) is 3.97. The average Bonchev–Trinajstić information content (AvgIpc) is 2.47. The van der Waals surface area contributed by atoms with Crippen LogP contribution in [-0.2, 0) is 0 Å². The number of carbonyl (C=O) groups excluding carboxylic acids is 1. The first kappa shape index (κ1) is 9.73. The lowest BCUT2D eigenvalue weighted by molar-refractivity contribution is 0.0895. The Hall–Kier alpha value is -1.36. The molecule has 0 saturated carbocycles. The number of nitrogens with one attached hydrogen (secondary N) is 1. The molecule has 0 radical (unpaired) electrons. The Morgan fingerprint density at radius 2 is 2.54 bits per heavy atom. The van der Waals surface area contributed by atoms with Crippen LogP contribution in [-0.4, -0.2) is 28.6 Å². The minimum atomic E-state index is -0.563. The second-order valence-corrected chi connectivity index (χ2v) is 2.83. The Kier molecular flexibility index (Phi) is 3.02. The van der Waals surface area contributed by atoms with E-state index in [1.807, 2.05) is 0 Å². The maximum atomic E-state index is 11.3. The summed E-state index contributed by atoms with van der Waals surface area (Å²) in [5.41, 5.74) is 0.545. The largest absolute Gasteiger partial charge is 0.438 e. The molecule has 1 atom stereocenters. The van der Waals surface area contributed by atoms with Gasteiger partial charge in [0, 0.05) is 6.54 Å². The first-order valence-corrected chi connectivity index (χ1v) is 3.97. The number of aliphatic hydroxyl groups excluding tert-OH is 1. The molecule has 1 aromatic rings. The Balaban J connectivity index is 2.54. The zero-order valence-electron chi connectivity index (χ0n) is 7.57. The van der Waals surface area contributed by atoms with Crippen molar-refractivity contribution < 1.29 is 14.3 Å². The van der Waals surface area contributed by atoms with E-state index in [1.165, 1.54) is 6.39 Å². The average molecular weight is 184 g/mol. The van der Waals surface area contributed by atoms with Crippen LogP contribution in [0.25, 0.3) is 0 Å². The molecule has 0 aliphatic carbocycles. The molecule has 72 valence electrons. The molecule has 1 amide bonds. The van der Waals surface area contributed by atoms with Gasteiger partial charge in [0.05, 0.1) is 11.8 Å². The van der Waals surface area contributed by atoms with Crippen molar-refractivity contribution in [1.82, 2.24) is 10.3 Å². The second-order valence-electron chi connectivity index (χ2n) is 2.83. The number of aromatic nitrogens is 1. The van der Waals surface area contributed by atoms with Gasteiger partial charge in [0.25, 0.3) is 5.91 Å². The van der Waals surface area contributed by atoms with Crippen molar-refractivity contribution >= 4 is 5.91 Å². The fourth-order valence-corrected chi connectivity index (χ4v) is 0.841. The number of hydrogen-bond acceptors (Lipinski definition) is 4. The molecule has 1 heterocycles. The van der Waals surface area contributed by atoms with Crippen LogP contribution >= 0.6 is 0 Å². The third-order valence-corrected chi connectivity index (χ3v) is 1.51. The molecule has 0 aromatic carbocycles. The third-order valence-electron chi connectivity index (χ3n) is 1.51. The van der Waals surface area contributed by atoms with Crippen LogP contribution in [0.5, 0.6) is 0 Å². The number of hydrogen-bond donors (Lipinski definition) is 2. The van der Waals surface area contributed by atoms with E-state index < -0.39 is 6.10 Å². The van der Waals surface area contributed by atoms with Crippen molar-refractivity contribution in [1.29, 1.82) is 0 Å². The van der Waals surface area contributed by atoms with E-state index in [9.17, 15) is 4.79 Å². The van der Waals surface area contributed by atoms with Gasteiger partial charge in [0.1, 0.15) is 0 Å². The number of oxazole rings is 1. The molecule has 2 N–H and O–H groups in total. The summed E-state index contributed by atoms with van der Waals surface area (Å²) >= 11 is 0. The van der Waals surface area contributed by atoms with Gasteiger partial charge in [-0.15, -0.1) is 0 Å². The molecule has 1 unspecified atom stereocenters. The molecule has 1 rings (SSSR count). The first-order chi connectivity index (χ1) is 6.11. The Labute approximate surface area is 75.8 Å². The lowest BCUT2D eigenvalue weighted by atomic mass is 10.3. The van der Waals surface area contributed by atoms with E-state index in [1.54, 1.807) is 13.8 Å². The van der Waals surface area contributed by atoms with Crippen LogP contribution in [0.4, 0.5) is 0 Å². The maximum absolute atomic E-state index is 11.3. The van der Waals surface area contributed by atoms with Crippen molar-refractivity contribution in [3.05, 3.63) is 17.8 Å². The predicted molar refractivity (Wildman–Crippen MR) is 45.3 cm³/mol. The standard InChI is InChI=1S/C8H12N2O3/c1-5(11)3-9-8(12)7-6(2)10-4-13-7/h4-5,11H,3H2,1-2H3,(H,9,12). The number of rotatable bonds is 3. The van der Waals surface area contributed by atoms with Gasteiger partial charge in [0.2, 0.25) is 5.76 Å². The molecule has 0 spiro atoms. The molecule has 0 aliphatic heterocycles. The summed E-state index contributed by atoms with van der Waals surface area (Å²) in [7, 11) is 0. The summed E-state index contributed by atoms with van der Waals surface area (Å²) in [6.45, 7) is 3.48. The van der Waals surface area contributed by atoms with Gasteiger partial charge in [-0.25, -0.2) is 4.98 Å². The van der Waals surface area contributed by atoms with E-state index in [4.69, 9.17) is 9.52 Å². The van der Waals surface area contributed by atoms with Gasteiger partial charge in [-0.2, -0.15) is 0 Å². The molecule has 5 heteroatoms. The summed E-state index contributed by atoms with van der Waals surface area (Å²) in [4.78, 5) is 15.0. The van der Waals surface area contributed by atoms with Gasteiger partial charge >= 0.3 is 0 Å². The number of carbonyl (C=O) groups is 1. The van der Waals surface area contributed by atoms with Crippen LogP contribution in [0.15, 0.2) is 10.8 Å². The van der Waals surface area contributed by atoms with Crippen LogP contribution < -0.4 is 5.32 Å². The fraction of sp³-hybridized carbons (Fsp3) is 0.500. The van der Waals surface area contributed by atoms with Gasteiger partial charge in [-0.3, -0.25) is 4.79 Å². The monoisotopic (exact) mass is 184 g/mol. The van der Waals surface area contributed by atoms with Crippen molar-refractivity contribution in [2.45, 2.75) is 20.0 Å². The van der Waals surface area contributed by atoms with Gasteiger partial charge in [0.15, 0.2) is 6.39 Å². The van der Waals surface area contributed by atoms with Crippen molar-refractivity contribution in [3.8, 4) is 0 Å². The molecular weight excluding hydrogens is 172 g/mol.